The van der Waals surface area contributed by atoms with Crippen molar-refractivity contribution < 1.29 is 8.83 Å². The topological polar surface area (TPSA) is 38.3 Å². The van der Waals surface area contributed by atoms with Crippen molar-refractivity contribution in [1.82, 2.24) is 5.32 Å². The second-order valence-corrected chi connectivity index (χ2v) is 4.53. The Labute approximate surface area is 101 Å². The molecule has 2 aromatic rings. The van der Waals surface area contributed by atoms with Crippen molar-refractivity contribution in [3.05, 3.63) is 47.8 Å². The van der Waals surface area contributed by atoms with Gasteiger partial charge in [0.15, 0.2) is 0 Å². The van der Waals surface area contributed by atoms with Crippen LogP contribution in [0.25, 0.3) is 0 Å². The van der Waals surface area contributed by atoms with Crippen LogP contribution in [-0.2, 0) is 12.8 Å². The van der Waals surface area contributed by atoms with Crippen LogP contribution < -0.4 is 5.32 Å². The van der Waals surface area contributed by atoms with Crippen molar-refractivity contribution in [1.29, 1.82) is 0 Å². The highest BCUT2D eigenvalue weighted by Gasteiger charge is 2.21. The molecule has 0 radical (unpaired) electrons. The van der Waals surface area contributed by atoms with Gasteiger partial charge in [-0.1, -0.05) is 0 Å². The number of hydrogen-bond donors (Lipinski definition) is 1. The Morgan fingerprint density at radius 1 is 1.24 bits per heavy atom. The average Bonchev–Trinajstić information content (AvgIpc) is 2.99. The molecule has 0 saturated heterocycles. The zero-order chi connectivity index (χ0) is 11.5. The summed E-state index contributed by atoms with van der Waals surface area (Å²) in [6.07, 6.45) is 7.96. The molecule has 0 aliphatic heterocycles. The van der Waals surface area contributed by atoms with Gasteiger partial charge in [-0.05, 0) is 31.0 Å². The third-order valence-electron chi connectivity index (χ3n) is 3.39. The number of rotatable bonds is 4. The molecular formula is C14H17NO2. The van der Waals surface area contributed by atoms with Crippen molar-refractivity contribution >= 4 is 0 Å². The first-order valence-corrected chi connectivity index (χ1v) is 6.25. The normalized spacial score (nSPS) is 19.2. The first kappa shape index (κ1) is 10.7. The highest BCUT2D eigenvalue weighted by Crippen LogP contribution is 2.30. The fourth-order valence-electron chi connectivity index (χ4n) is 2.52. The summed E-state index contributed by atoms with van der Waals surface area (Å²) < 4.78 is 10.8. The minimum atomic E-state index is 0.451. The molecule has 0 amide bonds. The molecule has 2 heterocycles. The molecule has 3 rings (SSSR count). The summed E-state index contributed by atoms with van der Waals surface area (Å²) in [4.78, 5) is 0. The van der Waals surface area contributed by atoms with Crippen molar-refractivity contribution in [2.45, 2.75) is 31.7 Å². The zero-order valence-corrected chi connectivity index (χ0v) is 9.82. The summed E-state index contributed by atoms with van der Waals surface area (Å²) in [6, 6.07) is 6.50. The highest BCUT2D eigenvalue weighted by atomic mass is 16.3. The van der Waals surface area contributed by atoms with E-state index in [0.29, 0.717) is 6.04 Å². The van der Waals surface area contributed by atoms with E-state index in [4.69, 9.17) is 8.83 Å². The second kappa shape index (κ2) is 4.80. The molecule has 3 heteroatoms. The summed E-state index contributed by atoms with van der Waals surface area (Å²) in [6.45, 7) is 0.947. The quantitative estimate of drug-likeness (QED) is 0.878. The Morgan fingerprint density at radius 2 is 2.24 bits per heavy atom. The fraction of sp³-hybridized carbons (Fsp3) is 0.429. The van der Waals surface area contributed by atoms with Gasteiger partial charge in [0, 0.05) is 31.0 Å². The van der Waals surface area contributed by atoms with Gasteiger partial charge in [0.25, 0.3) is 0 Å². The predicted octanol–water partition coefficient (Wildman–Crippen LogP) is 3.08. The molecule has 0 aromatic carbocycles. The lowest BCUT2D eigenvalue weighted by atomic mass is 9.93. The van der Waals surface area contributed by atoms with Gasteiger partial charge in [0.1, 0.15) is 11.5 Å². The predicted molar refractivity (Wildman–Crippen MR) is 64.8 cm³/mol. The van der Waals surface area contributed by atoms with Gasteiger partial charge in [-0.2, -0.15) is 0 Å². The highest BCUT2D eigenvalue weighted by molar-refractivity contribution is 5.24. The zero-order valence-electron chi connectivity index (χ0n) is 9.82. The van der Waals surface area contributed by atoms with E-state index >= 15 is 0 Å². The molecule has 1 aliphatic carbocycles. The van der Waals surface area contributed by atoms with E-state index in [0.717, 1.165) is 30.9 Å². The van der Waals surface area contributed by atoms with Crippen molar-refractivity contribution in [2.24, 2.45) is 0 Å². The molecule has 1 atom stereocenters. The molecule has 17 heavy (non-hydrogen) atoms. The lowest BCUT2D eigenvalue weighted by molar-refractivity contribution is 0.406. The van der Waals surface area contributed by atoms with Crippen LogP contribution in [0.2, 0.25) is 0 Å². The van der Waals surface area contributed by atoms with E-state index in [2.05, 4.69) is 11.4 Å². The lowest BCUT2D eigenvalue weighted by Crippen LogP contribution is -2.26. The van der Waals surface area contributed by atoms with Crippen LogP contribution in [0.5, 0.6) is 0 Å². The molecule has 0 fully saturated rings. The maximum Gasteiger partial charge on any atom is 0.108 e. The molecule has 0 saturated carbocycles. The Hall–Kier alpha value is -1.48. The third kappa shape index (κ3) is 2.29. The SMILES string of the molecule is c1coc(CCNC2CCCc3occc32)c1. The lowest BCUT2D eigenvalue weighted by Gasteiger charge is -2.22. The molecular weight excluding hydrogens is 214 g/mol. The smallest absolute Gasteiger partial charge is 0.108 e. The fourth-order valence-corrected chi connectivity index (χ4v) is 2.52. The van der Waals surface area contributed by atoms with Gasteiger partial charge in [0.05, 0.1) is 12.5 Å². The van der Waals surface area contributed by atoms with Crippen LogP contribution in [-0.4, -0.2) is 6.54 Å². The van der Waals surface area contributed by atoms with Crippen molar-refractivity contribution in [3.8, 4) is 0 Å². The largest absolute Gasteiger partial charge is 0.469 e. The van der Waals surface area contributed by atoms with Gasteiger partial charge in [-0.25, -0.2) is 0 Å². The van der Waals surface area contributed by atoms with Crippen LogP contribution >= 0.6 is 0 Å². The van der Waals surface area contributed by atoms with E-state index in [9.17, 15) is 0 Å². The van der Waals surface area contributed by atoms with Gasteiger partial charge < -0.3 is 14.2 Å². The molecule has 2 aromatic heterocycles. The molecule has 0 spiro atoms. The summed E-state index contributed by atoms with van der Waals surface area (Å²) >= 11 is 0. The second-order valence-electron chi connectivity index (χ2n) is 4.53. The van der Waals surface area contributed by atoms with E-state index in [1.165, 1.54) is 18.4 Å². The van der Waals surface area contributed by atoms with Crippen molar-refractivity contribution in [3.63, 3.8) is 0 Å². The van der Waals surface area contributed by atoms with E-state index < -0.39 is 0 Å². The Morgan fingerprint density at radius 3 is 3.12 bits per heavy atom. The van der Waals surface area contributed by atoms with Crippen LogP contribution in [0.4, 0.5) is 0 Å². The Kier molecular flexibility index (Phi) is 3.01. The molecule has 0 bridgehead atoms. The first-order valence-electron chi connectivity index (χ1n) is 6.25. The van der Waals surface area contributed by atoms with Gasteiger partial charge in [-0.3, -0.25) is 0 Å². The average molecular weight is 231 g/mol. The molecule has 90 valence electrons. The van der Waals surface area contributed by atoms with E-state index in [-0.39, 0.29) is 0 Å². The Balaban J connectivity index is 1.57. The number of nitrogens with one attached hydrogen (secondary N) is 1. The van der Waals surface area contributed by atoms with Crippen LogP contribution in [0.15, 0.2) is 39.6 Å². The Bertz CT molecular complexity index is 458. The maximum atomic E-state index is 5.48. The maximum absolute atomic E-state index is 5.48. The minimum absolute atomic E-state index is 0.451. The minimum Gasteiger partial charge on any atom is -0.469 e. The first-order chi connectivity index (χ1) is 8.43. The van der Waals surface area contributed by atoms with Crippen LogP contribution in [0, 0.1) is 0 Å². The number of aryl methyl sites for hydroxylation is 1. The van der Waals surface area contributed by atoms with Gasteiger partial charge in [-0.15, -0.1) is 0 Å². The third-order valence-corrected chi connectivity index (χ3v) is 3.39. The molecule has 1 N–H and O–H groups in total. The standard InChI is InChI=1S/C14H17NO2/c1-4-13(12-7-10-17-14(12)5-1)15-8-6-11-3-2-9-16-11/h2-3,7,9-10,13,15H,1,4-6,8H2. The summed E-state index contributed by atoms with van der Waals surface area (Å²) in [5.74, 6) is 2.20. The summed E-state index contributed by atoms with van der Waals surface area (Å²) in [5.41, 5.74) is 1.34. The molecule has 3 nitrogen and oxygen atoms in total. The summed E-state index contributed by atoms with van der Waals surface area (Å²) in [7, 11) is 0. The van der Waals surface area contributed by atoms with Crippen molar-refractivity contribution in [2.75, 3.05) is 6.54 Å². The van der Waals surface area contributed by atoms with Crippen LogP contribution in [0.3, 0.4) is 0 Å². The summed E-state index contributed by atoms with van der Waals surface area (Å²) in [5, 5.41) is 3.58. The number of fused-ring (bicyclic) bond motifs is 1. The van der Waals surface area contributed by atoms with Gasteiger partial charge >= 0.3 is 0 Å². The number of hydrogen-bond acceptors (Lipinski definition) is 3. The van der Waals surface area contributed by atoms with E-state index in [1.54, 1.807) is 12.5 Å². The van der Waals surface area contributed by atoms with E-state index in [1.807, 2.05) is 12.1 Å². The van der Waals surface area contributed by atoms with Crippen LogP contribution in [0.1, 0.15) is 36.0 Å². The number of furan rings is 2. The molecule has 1 aliphatic rings. The van der Waals surface area contributed by atoms with Gasteiger partial charge in [0.2, 0.25) is 0 Å². The monoisotopic (exact) mass is 231 g/mol. The molecule has 1 unspecified atom stereocenters.